The summed E-state index contributed by atoms with van der Waals surface area (Å²) in [5, 5.41) is 14.6. The van der Waals surface area contributed by atoms with Crippen LogP contribution in [0.5, 0.6) is 0 Å². The van der Waals surface area contributed by atoms with Crippen molar-refractivity contribution in [2.75, 3.05) is 25.1 Å². The van der Waals surface area contributed by atoms with E-state index >= 15 is 0 Å². The highest BCUT2D eigenvalue weighted by Crippen LogP contribution is 2.36. The zero-order valence-electron chi connectivity index (χ0n) is 19.5. The second kappa shape index (κ2) is 9.63. The molecule has 1 aliphatic heterocycles. The van der Waals surface area contributed by atoms with E-state index in [2.05, 4.69) is 30.6 Å². The lowest BCUT2D eigenvalue weighted by atomic mass is 9.91. The van der Waals surface area contributed by atoms with Crippen LogP contribution < -0.4 is 10.6 Å². The summed E-state index contributed by atoms with van der Waals surface area (Å²) >= 11 is 0. The first-order chi connectivity index (χ1) is 17.3. The van der Waals surface area contributed by atoms with Gasteiger partial charge in [-0.2, -0.15) is 0 Å². The van der Waals surface area contributed by atoms with Gasteiger partial charge < -0.3 is 30.2 Å². The van der Waals surface area contributed by atoms with E-state index in [1.54, 1.807) is 25.1 Å². The fourth-order valence-electron chi connectivity index (χ4n) is 3.73. The van der Waals surface area contributed by atoms with Crippen LogP contribution >= 0.6 is 0 Å². The molecular weight excluding hydrogens is 471 g/mol. The first kappa shape index (κ1) is 23.8. The highest BCUT2D eigenvalue weighted by Gasteiger charge is 2.42. The third kappa shape index (κ3) is 5.19. The molecule has 0 radical (unpaired) electrons. The number of aliphatic carboxylic acids is 1. The van der Waals surface area contributed by atoms with E-state index < -0.39 is 17.7 Å². The summed E-state index contributed by atoms with van der Waals surface area (Å²) < 4.78 is 25.4. The lowest BCUT2D eigenvalue weighted by molar-refractivity contribution is -0.231. The van der Waals surface area contributed by atoms with Gasteiger partial charge in [-0.1, -0.05) is 0 Å². The number of imidazole rings is 1. The first-order valence-electron chi connectivity index (χ1n) is 11.5. The number of H-pyrrole nitrogens is 1. The summed E-state index contributed by atoms with van der Waals surface area (Å²) in [6.45, 7) is 1.74. The molecule has 12 heteroatoms. The van der Waals surface area contributed by atoms with Crippen LogP contribution in [0.25, 0.3) is 22.6 Å². The quantitative estimate of drug-likeness (QED) is 0.369. The number of benzene rings is 1. The molecule has 11 nitrogen and oxygen atoms in total. The number of carbonyl (C=O) groups is 2. The molecule has 1 aliphatic carbocycles. The highest BCUT2D eigenvalue weighted by molar-refractivity contribution is 5.83. The SMILES string of the molecule is CC1(C(=O)NC2CC2)COC(c2nc(-c3ccc(F)cc3)c(-c3ccnc(NCC(=O)O)n3)[nH]2)OC1. The molecule has 2 fully saturated rings. The van der Waals surface area contributed by atoms with E-state index in [1.807, 2.05) is 0 Å². The Morgan fingerprint density at radius 2 is 1.89 bits per heavy atom. The van der Waals surface area contributed by atoms with Gasteiger partial charge in [0.2, 0.25) is 18.1 Å². The van der Waals surface area contributed by atoms with Crippen LogP contribution in [0, 0.1) is 11.2 Å². The van der Waals surface area contributed by atoms with Gasteiger partial charge in [-0.25, -0.2) is 19.3 Å². The third-order valence-electron chi connectivity index (χ3n) is 5.94. The van der Waals surface area contributed by atoms with Crippen LogP contribution in [0.15, 0.2) is 36.5 Å². The number of halogens is 1. The van der Waals surface area contributed by atoms with Crippen molar-refractivity contribution in [3.8, 4) is 22.6 Å². The minimum Gasteiger partial charge on any atom is -0.480 e. The standard InChI is InChI=1S/C24H25FN6O5/c1-24(22(34)28-15-6-7-15)11-35-21(36-12-24)20-30-18(13-2-4-14(25)5-3-13)19(31-20)16-8-9-26-23(29-16)27-10-17(32)33/h2-5,8-9,15,21H,6-7,10-12H2,1H3,(H,28,34)(H,30,31)(H,32,33)(H,26,27,29). The number of aromatic nitrogens is 4. The zero-order valence-corrected chi connectivity index (χ0v) is 19.5. The number of nitrogens with zero attached hydrogens (tertiary/aromatic N) is 3. The molecule has 4 N–H and O–H groups in total. The third-order valence-corrected chi connectivity index (χ3v) is 5.94. The summed E-state index contributed by atoms with van der Waals surface area (Å²) in [5.41, 5.74) is 1.20. The normalized spacial score (nSPS) is 21.7. The first-order valence-corrected chi connectivity index (χ1v) is 11.5. The molecule has 1 saturated carbocycles. The van der Waals surface area contributed by atoms with Gasteiger partial charge >= 0.3 is 5.97 Å². The number of carboxylic acids is 1. The molecule has 188 valence electrons. The van der Waals surface area contributed by atoms with Crippen LogP contribution in [-0.4, -0.2) is 62.7 Å². The molecule has 1 aromatic carbocycles. The molecule has 1 amide bonds. The molecule has 3 heterocycles. The Hall–Kier alpha value is -3.90. The molecule has 0 atom stereocenters. The van der Waals surface area contributed by atoms with Crippen molar-refractivity contribution < 1.29 is 28.6 Å². The van der Waals surface area contributed by atoms with E-state index in [9.17, 15) is 14.0 Å². The van der Waals surface area contributed by atoms with Gasteiger partial charge in [0.1, 0.15) is 12.4 Å². The van der Waals surface area contributed by atoms with Crippen molar-refractivity contribution in [2.45, 2.75) is 32.1 Å². The fourth-order valence-corrected chi connectivity index (χ4v) is 3.73. The van der Waals surface area contributed by atoms with Gasteiger partial charge in [-0.05, 0) is 50.1 Å². The summed E-state index contributed by atoms with van der Waals surface area (Å²) in [6.07, 6.45) is 2.61. The maximum absolute atomic E-state index is 13.6. The van der Waals surface area contributed by atoms with Crippen LogP contribution in [-0.2, 0) is 19.1 Å². The second-order valence-electron chi connectivity index (χ2n) is 9.13. The summed E-state index contributed by atoms with van der Waals surface area (Å²) in [5.74, 6) is -1.06. The predicted molar refractivity (Wildman–Crippen MR) is 125 cm³/mol. The largest absolute Gasteiger partial charge is 0.480 e. The summed E-state index contributed by atoms with van der Waals surface area (Å²) in [4.78, 5) is 39.8. The van der Waals surface area contributed by atoms with Crippen molar-refractivity contribution in [1.29, 1.82) is 0 Å². The minimum absolute atomic E-state index is 0.0991. The number of nitrogens with one attached hydrogen (secondary N) is 3. The number of amides is 1. The van der Waals surface area contributed by atoms with Gasteiger partial charge in [0.05, 0.1) is 35.7 Å². The van der Waals surface area contributed by atoms with Crippen molar-refractivity contribution in [3.05, 3.63) is 48.2 Å². The smallest absolute Gasteiger partial charge is 0.322 e. The Labute approximate surface area is 205 Å². The van der Waals surface area contributed by atoms with Gasteiger partial charge in [0.25, 0.3) is 0 Å². The zero-order chi connectivity index (χ0) is 25.3. The maximum Gasteiger partial charge on any atom is 0.322 e. The number of carboxylic acid groups (broad SMARTS) is 1. The van der Waals surface area contributed by atoms with Crippen molar-refractivity contribution in [1.82, 2.24) is 25.3 Å². The Bertz CT molecular complexity index is 1270. The van der Waals surface area contributed by atoms with E-state index in [-0.39, 0.29) is 43.5 Å². The van der Waals surface area contributed by atoms with E-state index in [0.717, 1.165) is 12.8 Å². The number of rotatable bonds is 8. The summed E-state index contributed by atoms with van der Waals surface area (Å²) in [7, 11) is 0. The molecule has 36 heavy (non-hydrogen) atoms. The van der Waals surface area contributed by atoms with Crippen molar-refractivity contribution in [3.63, 3.8) is 0 Å². The number of ether oxygens (including phenoxy) is 2. The lowest BCUT2D eigenvalue weighted by Gasteiger charge is -2.35. The predicted octanol–water partition coefficient (Wildman–Crippen LogP) is 2.50. The molecule has 5 rings (SSSR count). The Balaban J connectivity index is 1.42. The number of hydrogen-bond acceptors (Lipinski definition) is 8. The van der Waals surface area contributed by atoms with Crippen LogP contribution in [0.2, 0.25) is 0 Å². The molecule has 2 aliphatic rings. The molecule has 0 unspecified atom stereocenters. The van der Waals surface area contributed by atoms with Crippen LogP contribution in [0.3, 0.4) is 0 Å². The van der Waals surface area contributed by atoms with Crippen molar-refractivity contribution in [2.24, 2.45) is 5.41 Å². The van der Waals surface area contributed by atoms with Gasteiger partial charge in [0.15, 0.2) is 5.82 Å². The lowest BCUT2D eigenvalue weighted by Crippen LogP contribution is -2.49. The second-order valence-corrected chi connectivity index (χ2v) is 9.13. The minimum atomic E-state index is -1.05. The highest BCUT2D eigenvalue weighted by atomic mass is 19.1. The van der Waals surface area contributed by atoms with Crippen molar-refractivity contribution >= 4 is 17.8 Å². The van der Waals surface area contributed by atoms with Gasteiger partial charge in [0, 0.05) is 17.8 Å². The van der Waals surface area contributed by atoms with Crippen LogP contribution in [0.4, 0.5) is 10.3 Å². The van der Waals surface area contributed by atoms with Crippen LogP contribution in [0.1, 0.15) is 31.9 Å². The van der Waals surface area contributed by atoms with E-state index in [0.29, 0.717) is 28.5 Å². The molecular formula is C24H25FN6O5. The Morgan fingerprint density at radius 1 is 1.17 bits per heavy atom. The summed E-state index contributed by atoms with van der Waals surface area (Å²) in [6, 6.07) is 7.70. The van der Waals surface area contributed by atoms with E-state index in [1.165, 1.54) is 18.3 Å². The average Bonchev–Trinajstić information content (AvgIpc) is 3.58. The topological polar surface area (TPSA) is 151 Å². The molecule has 2 aromatic heterocycles. The van der Waals surface area contributed by atoms with E-state index in [4.69, 9.17) is 14.6 Å². The molecule has 1 saturated heterocycles. The number of carbonyl (C=O) groups excluding carboxylic acids is 1. The average molecular weight is 496 g/mol. The Kier molecular flexibility index (Phi) is 6.37. The number of aromatic amines is 1. The molecule has 0 bridgehead atoms. The maximum atomic E-state index is 13.6. The number of anilines is 1. The molecule has 0 spiro atoms. The fraction of sp³-hybridized carbons (Fsp3) is 0.375. The van der Waals surface area contributed by atoms with Gasteiger partial charge in [-0.3, -0.25) is 9.59 Å². The monoisotopic (exact) mass is 496 g/mol. The van der Waals surface area contributed by atoms with Gasteiger partial charge in [-0.15, -0.1) is 0 Å². The number of hydrogen-bond donors (Lipinski definition) is 4. The molecule has 3 aromatic rings. The Morgan fingerprint density at radius 3 is 2.56 bits per heavy atom.